The van der Waals surface area contributed by atoms with E-state index in [2.05, 4.69) is 20.2 Å². The molecule has 122 valence electrons. The number of carbonyl (C=O) groups is 1. The quantitative estimate of drug-likeness (QED) is 0.893. The number of aromatic nitrogens is 2. The number of piperidine rings is 1. The van der Waals surface area contributed by atoms with Crippen molar-refractivity contribution in [2.45, 2.75) is 32.4 Å². The van der Waals surface area contributed by atoms with E-state index in [1.54, 1.807) is 0 Å². The minimum atomic E-state index is -0.0516. The lowest BCUT2D eigenvalue weighted by Crippen LogP contribution is -2.44. The smallest absolute Gasteiger partial charge is 0.263 e. The molecule has 1 fully saturated rings. The number of likely N-dealkylation sites (tertiary alicyclic amines) is 1. The van der Waals surface area contributed by atoms with Gasteiger partial charge in [0.2, 0.25) is 0 Å². The van der Waals surface area contributed by atoms with Crippen LogP contribution >= 0.6 is 11.3 Å². The fraction of sp³-hybridized carbons (Fsp3) is 0.438. The normalized spacial score (nSPS) is 16.4. The second-order valence-corrected chi connectivity index (χ2v) is 6.88. The summed E-state index contributed by atoms with van der Waals surface area (Å²) in [6, 6.07) is 4.31. The van der Waals surface area contributed by atoms with Gasteiger partial charge in [-0.3, -0.25) is 14.7 Å². The van der Waals surface area contributed by atoms with Gasteiger partial charge < -0.3 is 11.1 Å². The van der Waals surface area contributed by atoms with Crippen LogP contribution in [0, 0.1) is 6.92 Å². The zero-order valence-electron chi connectivity index (χ0n) is 13.2. The van der Waals surface area contributed by atoms with E-state index in [1.165, 1.54) is 16.9 Å². The van der Waals surface area contributed by atoms with Gasteiger partial charge in [0, 0.05) is 38.1 Å². The molecule has 1 aliphatic rings. The summed E-state index contributed by atoms with van der Waals surface area (Å²) in [6.07, 6.45) is 5.57. The Kier molecular flexibility index (Phi) is 4.88. The molecule has 2 aromatic heterocycles. The fourth-order valence-corrected chi connectivity index (χ4v) is 3.60. The molecule has 1 saturated heterocycles. The molecule has 0 unspecified atom stereocenters. The maximum atomic E-state index is 12.3. The lowest BCUT2D eigenvalue weighted by Gasteiger charge is -2.32. The fourth-order valence-electron chi connectivity index (χ4n) is 2.86. The minimum Gasteiger partial charge on any atom is -0.375 e. The summed E-state index contributed by atoms with van der Waals surface area (Å²) in [5, 5.41) is 3.56. The summed E-state index contributed by atoms with van der Waals surface area (Å²) in [5.41, 5.74) is 7.64. The number of aryl methyl sites for hydroxylation is 1. The van der Waals surface area contributed by atoms with Crippen molar-refractivity contribution < 1.29 is 4.79 Å². The topological polar surface area (TPSA) is 84.1 Å². The van der Waals surface area contributed by atoms with Gasteiger partial charge in [0.05, 0.1) is 5.69 Å². The second kappa shape index (κ2) is 7.06. The Morgan fingerprint density at radius 1 is 1.39 bits per heavy atom. The number of nitrogens with one attached hydrogen (secondary N) is 1. The van der Waals surface area contributed by atoms with Crippen LogP contribution in [0.4, 0.5) is 5.13 Å². The molecule has 1 amide bonds. The Bertz CT molecular complexity index is 664. The Morgan fingerprint density at radius 2 is 2.09 bits per heavy atom. The summed E-state index contributed by atoms with van der Waals surface area (Å²) >= 11 is 1.25. The largest absolute Gasteiger partial charge is 0.375 e. The van der Waals surface area contributed by atoms with E-state index in [4.69, 9.17) is 5.73 Å². The number of pyridine rings is 1. The predicted molar refractivity (Wildman–Crippen MR) is 91.3 cm³/mol. The van der Waals surface area contributed by atoms with Crippen molar-refractivity contribution >= 4 is 22.4 Å². The highest BCUT2D eigenvalue weighted by molar-refractivity contribution is 7.17. The highest BCUT2D eigenvalue weighted by Gasteiger charge is 2.23. The van der Waals surface area contributed by atoms with E-state index in [0.29, 0.717) is 15.7 Å². The van der Waals surface area contributed by atoms with Crippen LogP contribution in [0.5, 0.6) is 0 Å². The van der Waals surface area contributed by atoms with E-state index in [0.717, 1.165) is 32.5 Å². The van der Waals surface area contributed by atoms with Gasteiger partial charge in [0.1, 0.15) is 4.88 Å². The Hall–Kier alpha value is -1.99. The van der Waals surface area contributed by atoms with Crippen molar-refractivity contribution in [3.63, 3.8) is 0 Å². The molecule has 2 aromatic rings. The first-order valence-corrected chi connectivity index (χ1v) is 8.58. The number of nitrogens with two attached hydrogens (primary N) is 1. The maximum Gasteiger partial charge on any atom is 0.263 e. The molecule has 23 heavy (non-hydrogen) atoms. The van der Waals surface area contributed by atoms with Crippen LogP contribution in [0.15, 0.2) is 24.5 Å². The van der Waals surface area contributed by atoms with Gasteiger partial charge in [0.25, 0.3) is 5.91 Å². The molecule has 0 atom stereocenters. The third-order valence-corrected chi connectivity index (χ3v) is 5.08. The number of nitrogen functional groups attached to an aromatic ring is 1. The number of rotatable bonds is 4. The number of hydrogen-bond acceptors (Lipinski definition) is 6. The Morgan fingerprint density at radius 3 is 2.70 bits per heavy atom. The van der Waals surface area contributed by atoms with Gasteiger partial charge in [-0.25, -0.2) is 4.98 Å². The second-order valence-electron chi connectivity index (χ2n) is 5.85. The summed E-state index contributed by atoms with van der Waals surface area (Å²) in [4.78, 5) is 23.5. The van der Waals surface area contributed by atoms with Crippen molar-refractivity contribution in [1.29, 1.82) is 0 Å². The van der Waals surface area contributed by atoms with Crippen LogP contribution in [-0.4, -0.2) is 39.9 Å². The van der Waals surface area contributed by atoms with Gasteiger partial charge in [-0.1, -0.05) is 11.3 Å². The first-order chi connectivity index (χ1) is 11.1. The molecular formula is C16H21N5OS. The molecule has 3 rings (SSSR count). The molecule has 1 aliphatic heterocycles. The molecule has 0 aromatic carbocycles. The number of nitrogens with zero attached hydrogens (tertiary/aromatic N) is 3. The van der Waals surface area contributed by atoms with Gasteiger partial charge in [-0.05, 0) is 37.5 Å². The molecule has 0 bridgehead atoms. The lowest BCUT2D eigenvalue weighted by molar-refractivity contribution is 0.0912. The molecule has 3 N–H and O–H groups in total. The van der Waals surface area contributed by atoms with Crippen LogP contribution in [-0.2, 0) is 6.54 Å². The van der Waals surface area contributed by atoms with Gasteiger partial charge >= 0.3 is 0 Å². The Balaban J connectivity index is 1.49. The summed E-state index contributed by atoms with van der Waals surface area (Å²) in [5.74, 6) is -0.0516. The highest BCUT2D eigenvalue weighted by atomic mass is 32.1. The Labute approximate surface area is 139 Å². The third-order valence-electron chi connectivity index (χ3n) is 4.10. The molecular weight excluding hydrogens is 310 g/mol. The molecule has 0 spiro atoms. The lowest BCUT2D eigenvalue weighted by atomic mass is 10.0. The van der Waals surface area contributed by atoms with Crippen LogP contribution in [0.1, 0.15) is 33.8 Å². The highest BCUT2D eigenvalue weighted by Crippen LogP contribution is 2.20. The van der Waals surface area contributed by atoms with Crippen molar-refractivity contribution in [1.82, 2.24) is 20.2 Å². The number of hydrogen-bond donors (Lipinski definition) is 2. The first-order valence-electron chi connectivity index (χ1n) is 7.77. The summed E-state index contributed by atoms with van der Waals surface area (Å²) in [6.45, 7) is 4.72. The van der Waals surface area contributed by atoms with Crippen LogP contribution in [0.25, 0.3) is 0 Å². The molecule has 0 aliphatic carbocycles. The molecule has 0 saturated carbocycles. The molecule has 0 radical (unpaired) electrons. The van der Waals surface area contributed by atoms with Gasteiger partial charge in [-0.15, -0.1) is 0 Å². The number of thiazole rings is 1. The number of amides is 1. The van der Waals surface area contributed by atoms with Crippen LogP contribution in [0.2, 0.25) is 0 Å². The predicted octanol–water partition coefficient (Wildman–Crippen LogP) is 1.82. The number of carbonyl (C=O) groups excluding carboxylic acids is 1. The zero-order valence-corrected chi connectivity index (χ0v) is 14.0. The van der Waals surface area contributed by atoms with Crippen molar-refractivity contribution in [3.8, 4) is 0 Å². The number of anilines is 1. The van der Waals surface area contributed by atoms with Gasteiger partial charge in [-0.2, -0.15) is 0 Å². The first kappa shape index (κ1) is 15.9. The van der Waals surface area contributed by atoms with Crippen molar-refractivity contribution in [3.05, 3.63) is 40.7 Å². The minimum absolute atomic E-state index is 0.0516. The van der Waals surface area contributed by atoms with Crippen molar-refractivity contribution in [2.24, 2.45) is 0 Å². The standard InChI is InChI=1S/C16H21N5OS/c1-11-14(23-16(17)19-11)15(22)20-13-4-8-21(9-5-13)10-12-2-6-18-7-3-12/h2-3,6-7,13H,4-5,8-10H2,1H3,(H2,17,19)(H,20,22). The van der Waals surface area contributed by atoms with E-state index >= 15 is 0 Å². The van der Waals surface area contributed by atoms with Crippen molar-refractivity contribution in [2.75, 3.05) is 18.8 Å². The van der Waals surface area contributed by atoms with E-state index < -0.39 is 0 Å². The molecule has 3 heterocycles. The summed E-state index contributed by atoms with van der Waals surface area (Å²) in [7, 11) is 0. The van der Waals surface area contributed by atoms with Crippen LogP contribution in [0.3, 0.4) is 0 Å². The van der Waals surface area contributed by atoms with E-state index in [1.807, 2.05) is 31.5 Å². The zero-order chi connectivity index (χ0) is 16.2. The average Bonchev–Trinajstić information content (AvgIpc) is 2.89. The van der Waals surface area contributed by atoms with Crippen LogP contribution < -0.4 is 11.1 Å². The SMILES string of the molecule is Cc1nc(N)sc1C(=O)NC1CCN(Cc2ccncc2)CC1. The average molecular weight is 331 g/mol. The monoisotopic (exact) mass is 331 g/mol. The molecule has 7 heteroatoms. The van der Waals surface area contributed by atoms with E-state index in [-0.39, 0.29) is 11.9 Å². The molecule has 6 nitrogen and oxygen atoms in total. The van der Waals surface area contributed by atoms with E-state index in [9.17, 15) is 4.79 Å². The van der Waals surface area contributed by atoms with Gasteiger partial charge in [0.15, 0.2) is 5.13 Å². The maximum absolute atomic E-state index is 12.3. The summed E-state index contributed by atoms with van der Waals surface area (Å²) < 4.78 is 0. The third kappa shape index (κ3) is 4.05.